The topological polar surface area (TPSA) is 151 Å². The molecule has 0 bridgehead atoms. The summed E-state index contributed by atoms with van der Waals surface area (Å²) in [5, 5.41) is 23.2. The van der Waals surface area contributed by atoms with Crippen LogP contribution in [-0.4, -0.2) is 55.8 Å². The van der Waals surface area contributed by atoms with Crippen molar-refractivity contribution < 1.29 is 33.1 Å². The summed E-state index contributed by atoms with van der Waals surface area (Å²) in [7, 11) is -4.02. The van der Waals surface area contributed by atoms with Crippen LogP contribution in [0.1, 0.15) is 31.2 Å². The fraction of sp³-hybridized carbons (Fsp3) is 0.429. The van der Waals surface area contributed by atoms with Gasteiger partial charge in [-0.05, 0) is 25.1 Å². The zero-order chi connectivity index (χ0) is 25.0. The van der Waals surface area contributed by atoms with E-state index in [2.05, 4.69) is 9.97 Å². The first-order chi connectivity index (χ1) is 16.6. The number of phosphoric acid groups is 1. The third-order valence-electron chi connectivity index (χ3n) is 6.14. The fourth-order valence-corrected chi connectivity index (χ4v) is 6.19. The minimum Gasteiger partial charge on any atom is -0.387 e. The van der Waals surface area contributed by atoms with Gasteiger partial charge >= 0.3 is 7.82 Å². The molecule has 3 aromatic rings. The predicted molar refractivity (Wildman–Crippen MR) is 127 cm³/mol. The van der Waals surface area contributed by atoms with Gasteiger partial charge in [0, 0.05) is 28.2 Å². The lowest BCUT2D eigenvalue weighted by Gasteiger charge is -2.30. The number of ether oxygens (including phenoxy) is 1. The van der Waals surface area contributed by atoms with Gasteiger partial charge in [0.25, 0.3) is 0 Å². The molecule has 0 saturated carbocycles. The van der Waals surface area contributed by atoms with Crippen molar-refractivity contribution in [3.8, 4) is 0 Å². The normalized spacial score (nSPS) is 33.4. The Bertz CT molecular complexity index is 1310. The van der Waals surface area contributed by atoms with Gasteiger partial charge in [0.05, 0.1) is 24.7 Å². The van der Waals surface area contributed by atoms with Gasteiger partial charge in [-0.3, -0.25) is 13.6 Å². The summed E-state index contributed by atoms with van der Waals surface area (Å²) < 4.78 is 37.1. The summed E-state index contributed by atoms with van der Waals surface area (Å²) in [6, 6.07) is 6.60. The molecule has 0 radical (unpaired) electrons. The van der Waals surface area contributed by atoms with Crippen molar-refractivity contribution in [3.63, 3.8) is 0 Å². The van der Waals surface area contributed by atoms with Gasteiger partial charge in [0.2, 0.25) is 0 Å². The van der Waals surface area contributed by atoms with Crippen LogP contribution in [0.2, 0.25) is 10.0 Å². The van der Waals surface area contributed by atoms with Crippen molar-refractivity contribution in [2.75, 3.05) is 18.9 Å². The van der Waals surface area contributed by atoms with E-state index in [1.54, 1.807) is 35.0 Å². The maximum absolute atomic E-state index is 13.2. The molecule has 2 aliphatic rings. The number of hydrogen-bond donors (Lipinski definition) is 3. The molecule has 14 heteroatoms. The van der Waals surface area contributed by atoms with Crippen LogP contribution in [0.15, 0.2) is 36.8 Å². The summed E-state index contributed by atoms with van der Waals surface area (Å²) in [5.41, 5.74) is 5.18. The van der Waals surface area contributed by atoms with E-state index in [0.29, 0.717) is 33.1 Å². The lowest BCUT2D eigenvalue weighted by molar-refractivity contribution is -0.0950. The number of fused-ring (bicyclic) bond motifs is 1. The summed E-state index contributed by atoms with van der Waals surface area (Å²) in [6.45, 7) is 1.15. The van der Waals surface area contributed by atoms with Crippen LogP contribution >= 0.6 is 31.0 Å². The molecule has 188 valence electrons. The van der Waals surface area contributed by atoms with Gasteiger partial charge in [-0.15, -0.1) is 0 Å². The van der Waals surface area contributed by atoms with Crippen LogP contribution < -0.4 is 5.73 Å². The monoisotopic (exact) mass is 544 g/mol. The molecule has 0 aliphatic carbocycles. The number of phosphoric ester groups is 1. The lowest BCUT2D eigenvalue weighted by Crippen LogP contribution is -2.44. The van der Waals surface area contributed by atoms with Gasteiger partial charge in [-0.2, -0.15) is 0 Å². The highest BCUT2D eigenvalue weighted by molar-refractivity contribution is 7.48. The van der Waals surface area contributed by atoms with E-state index in [-0.39, 0.29) is 19.0 Å². The number of rotatable bonds is 5. The molecule has 2 aromatic heterocycles. The number of nitrogen functional groups attached to an aromatic ring is 1. The summed E-state index contributed by atoms with van der Waals surface area (Å²) >= 11 is 12.2. The van der Waals surface area contributed by atoms with Gasteiger partial charge < -0.3 is 25.3 Å². The molecule has 4 heterocycles. The standard InChI is InChI=1S/C21H23Cl2N4O7P/c1-21(29)17(28)16(33-20(21)27-6-4-13-18(24)25-10-26-19(13)27)9-32-35(30)31-7-5-15(34-35)12-3-2-11(22)8-14(12)23/h2-4,6,8,10,15-17,20,28-29H,5,7,9H2,1H3,(H2,24,25,26)/t15-,16+,17+,20+,21+,35?/m0/s1. The molecular weight excluding hydrogens is 522 g/mol. The Morgan fingerprint density at radius 2 is 2.14 bits per heavy atom. The molecule has 2 saturated heterocycles. The molecule has 1 aromatic carbocycles. The quantitative estimate of drug-likeness (QED) is 0.406. The Hall–Kier alpha value is -1.79. The van der Waals surface area contributed by atoms with Crippen LogP contribution in [0.4, 0.5) is 5.82 Å². The predicted octanol–water partition coefficient (Wildman–Crippen LogP) is 3.63. The molecule has 1 unspecified atom stereocenters. The molecule has 6 atom stereocenters. The van der Waals surface area contributed by atoms with Crippen LogP contribution in [0.25, 0.3) is 11.0 Å². The van der Waals surface area contributed by atoms with Crippen molar-refractivity contribution in [2.24, 2.45) is 0 Å². The Morgan fingerprint density at radius 3 is 2.91 bits per heavy atom. The van der Waals surface area contributed by atoms with E-state index in [0.717, 1.165) is 0 Å². The lowest BCUT2D eigenvalue weighted by atomic mass is 9.96. The minimum absolute atomic E-state index is 0.103. The van der Waals surface area contributed by atoms with Crippen molar-refractivity contribution >= 4 is 47.9 Å². The summed E-state index contributed by atoms with van der Waals surface area (Å²) in [4.78, 5) is 8.15. The summed E-state index contributed by atoms with van der Waals surface area (Å²) in [5.74, 6) is 0.270. The minimum atomic E-state index is -4.02. The van der Waals surface area contributed by atoms with E-state index in [4.69, 9.17) is 47.2 Å². The maximum atomic E-state index is 13.2. The Labute approximate surface area is 210 Å². The molecule has 5 rings (SSSR count). The van der Waals surface area contributed by atoms with Crippen molar-refractivity contribution in [2.45, 2.75) is 43.5 Å². The second-order valence-electron chi connectivity index (χ2n) is 8.54. The highest BCUT2D eigenvalue weighted by atomic mass is 35.5. The van der Waals surface area contributed by atoms with Gasteiger partial charge in [0.1, 0.15) is 35.6 Å². The van der Waals surface area contributed by atoms with Gasteiger partial charge in [-0.25, -0.2) is 14.5 Å². The van der Waals surface area contributed by atoms with Crippen LogP contribution in [0, 0.1) is 0 Å². The van der Waals surface area contributed by atoms with E-state index in [1.165, 1.54) is 13.3 Å². The number of halogens is 2. The molecule has 0 amide bonds. The zero-order valence-corrected chi connectivity index (χ0v) is 20.9. The first-order valence-corrected chi connectivity index (χ1v) is 13.0. The third-order valence-corrected chi connectivity index (χ3v) is 8.18. The summed E-state index contributed by atoms with van der Waals surface area (Å²) in [6.07, 6.45) is -0.790. The largest absolute Gasteiger partial charge is 0.475 e. The van der Waals surface area contributed by atoms with E-state index < -0.39 is 38.0 Å². The average molecular weight is 545 g/mol. The molecule has 2 fully saturated rings. The highest BCUT2D eigenvalue weighted by Gasteiger charge is 2.54. The number of anilines is 1. The van der Waals surface area contributed by atoms with Crippen molar-refractivity contribution in [1.29, 1.82) is 0 Å². The smallest absolute Gasteiger partial charge is 0.387 e. The Kier molecular flexibility index (Phi) is 6.58. The van der Waals surface area contributed by atoms with E-state index >= 15 is 0 Å². The van der Waals surface area contributed by atoms with Crippen molar-refractivity contribution in [1.82, 2.24) is 14.5 Å². The second-order valence-corrected chi connectivity index (χ2v) is 11.0. The molecule has 0 spiro atoms. The van der Waals surface area contributed by atoms with Crippen LogP contribution in [0.5, 0.6) is 0 Å². The zero-order valence-electron chi connectivity index (χ0n) is 18.5. The number of aromatic nitrogens is 3. The van der Waals surface area contributed by atoms with Crippen LogP contribution in [-0.2, 0) is 22.9 Å². The second kappa shape index (κ2) is 9.26. The number of benzene rings is 1. The number of aliphatic hydroxyl groups excluding tert-OH is 1. The first kappa shape index (κ1) is 24.9. The van der Waals surface area contributed by atoms with Gasteiger partial charge in [-0.1, -0.05) is 29.3 Å². The molecular formula is C21H23Cl2N4O7P. The Morgan fingerprint density at radius 1 is 1.34 bits per heavy atom. The molecule has 2 aliphatic heterocycles. The average Bonchev–Trinajstić information content (AvgIpc) is 3.32. The van der Waals surface area contributed by atoms with Gasteiger partial charge in [0.15, 0.2) is 6.23 Å². The van der Waals surface area contributed by atoms with E-state index in [9.17, 15) is 14.8 Å². The SMILES string of the molecule is C[C@@]1(O)[C@H](O)[C@@H](COP2(=O)OCC[C@@H](c3ccc(Cl)cc3Cl)O2)O[C@H]1n1ccc2c(N)ncnc21. The maximum Gasteiger partial charge on any atom is 0.475 e. The first-order valence-electron chi connectivity index (χ1n) is 10.7. The number of nitrogens with zero attached hydrogens (tertiary/aromatic N) is 3. The van der Waals surface area contributed by atoms with Crippen molar-refractivity contribution in [3.05, 3.63) is 52.4 Å². The highest BCUT2D eigenvalue weighted by Crippen LogP contribution is 2.58. The molecule has 11 nitrogen and oxygen atoms in total. The number of aliphatic hydroxyl groups is 2. The number of hydrogen-bond acceptors (Lipinski definition) is 10. The number of nitrogens with two attached hydrogens (primary N) is 1. The molecule has 4 N–H and O–H groups in total. The third kappa shape index (κ3) is 4.57. The fourth-order valence-electron chi connectivity index (χ4n) is 4.28. The molecule has 35 heavy (non-hydrogen) atoms. The van der Waals surface area contributed by atoms with E-state index in [1.807, 2.05) is 0 Å². The Balaban J connectivity index is 1.31. The van der Waals surface area contributed by atoms with Crippen LogP contribution in [0.3, 0.4) is 0 Å².